The molecule has 2 unspecified atom stereocenters. The van der Waals surface area contributed by atoms with Crippen molar-refractivity contribution in [2.45, 2.75) is 33.4 Å². The predicted octanol–water partition coefficient (Wildman–Crippen LogP) is 2.16. The molecule has 0 saturated carbocycles. The van der Waals surface area contributed by atoms with E-state index in [0.29, 0.717) is 0 Å². The third-order valence-corrected chi connectivity index (χ3v) is 5.95. The molecule has 2 aliphatic heterocycles. The zero-order valence-electron chi connectivity index (χ0n) is 18.5. The summed E-state index contributed by atoms with van der Waals surface area (Å²) in [7, 11) is 1.84. The second-order valence-electron chi connectivity index (χ2n) is 8.72. The Morgan fingerprint density at radius 3 is 2.41 bits per heavy atom. The molecular weight excluding hydrogens is 362 g/mol. The van der Waals surface area contributed by atoms with E-state index in [1.807, 2.05) is 7.05 Å². The standard InChI is InChI=1S/C23H39N5O/c1-19-14-20(2)17-28(16-19)18-22-7-5-4-6-21(22)15-26-23(24-3)25-8-9-27-10-12-29-13-11-27/h4-7,19-20H,8-18H2,1-3H3,(H2,24,25,26). The van der Waals surface area contributed by atoms with Gasteiger partial charge in [-0.1, -0.05) is 38.1 Å². The topological polar surface area (TPSA) is 52.1 Å². The summed E-state index contributed by atoms with van der Waals surface area (Å²) in [6.07, 6.45) is 1.35. The van der Waals surface area contributed by atoms with Crippen LogP contribution in [0.4, 0.5) is 0 Å². The summed E-state index contributed by atoms with van der Waals surface area (Å²) in [6, 6.07) is 8.80. The van der Waals surface area contributed by atoms with Crippen molar-refractivity contribution in [1.29, 1.82) is 0 Å². The molecule has 29 heavy (non-hydrogen) atoms. The molecule has 0 amide bonds. The van der Waals surface area contributed by atoms with Crippen LogP contribution in [0, 0.1) is 11.8 Å². The highest BCUT2D eigenvalue weighted by atomic mass is 16.5. The maximum absolute atomic E-state index is 5.41. The Hall–Kier alpha value is -1.63. The molecule has 2 heterocycles. The lowest BCUT2D eigenvalue weighted by atomic mass is 9.91. The molecule has 0 radical (unpaired) electrons. The number of nitrogens with zero attached hydrogens (tertiary/aromatic N) is 3. The number of morpholine rings is 1. The van der Waals surface area contributed by atoms with Crippen molar-refractivity contribution in [3.63, 3.8) is 0 Å². The smallest absolute Gasteiger partial charge is 0.191 e. The first-order chi connectivity index (χ1) is 14.1. The van der Waals surface area contributed by atoms with Gasteiger partial charge in [0.15, 0.2) is 5.96 Å². The molecule has 1 aromatic carbocycles. The highest BCUT2D eigenvalue weighted by molar-refractivity contribution is 5.79. The van der Waals surface area contributed by atoms with E-state index in [0.717, 1.165) is 70.3 Å². The Bertz CT molecular complexity index is 634. The molecule has 2 atom stereocenters. The Labute approximate surface area is 176 Å². The number of hydrogen-bond acceptors (Lipinski definition) is 4. The first-order valence-corrected chi connectivity index (χ1v) is 11.2. The van der Waals surface area contributed by atoms with E-state index in [2.05, 4.69) is 63.5 Å². The predicted molar refractivity (Wildman–Crippen MR) is 120 cm³/mol. The van der Waals surface area contributed by atoms with Crippen LogP contribution in [0.15, 0.2) is 29.3 Å². The van der Waals surface area contributed by atoms with E-state index >= 15 is 0 Å². The summed E-state index contributed by atoms with van der Waals surface area (Å²) in [4.78, 5) is 9.44. The fraction of sp³-hybridized carbons (Fsp3) is 0.696. The lowest BCUT2D eigenvalue weighted by molar-refractivity contribution is 0.0389. The third-order valence-electron chi connectivity index (χ3n) is 5.95. The summed E-state index contributed by atoms with van der Waals surface area (Å²) in [6.45, 7) is 14.7. The fourth-order valence-corrected chi connectivity index (χ4v) is 4.60. The van der Waals surface area contributed by atoms with Crippen LogP contribution >= 0.6 is 0 Å². The van der Waals surface area contributed by atoms with Gasteiger partial charge in [0.25, 0.3) is 0 Å². The van der Waals surface area contributed by atoms with Crippen LogP contribution in [-0.2, 0) is 17.8 Å². The number of guanidine groups is 1. The van der Waals surface area contributed by atoms with Crippen molar-refractivity contribution >= 4 is 5.96 Å². The molecule has 0 spiro atoms. The van der Waals surface area contributed by atoms with Crippen LogP contribution in [0.5, 0.6) is 0 Å². The Balaban J connectivity index is 1.47. The van der Waals surface area contributed by atoms with Crippen molar-refractivity contribution in [2.24, 2.45) is 16.8 Å². The lowest BCUT2D eigenvalue weighted by Crippen LogP contribution is -2.44. The van der Waals surface area contributed by atoms with Crippen molar-refractivity contribution in [3.8, 4) is 0 Å². The quantitative estimate of drug-likeness (QED) is 0.542. The maximum Gasteiger partial charge on any atom is 0.191 e. The minimum Gasteiger partial charge on any atom is -0.379 e. The van der Waals surface area contributed by atoms with Gasteiger partial charge in [-0.2, -0.15) is 0 Å². The third kappa shape index (κ3) is 7.28. The second kappa shape index (κ2) is 11.5. The zero-order valence-corrected chi connectivity index (χ0v) is 18.5. The summed E-state index contributed by atoms with van der Waals surface area (Å²) < 4.78 is 5.41. The van der Waals surface area contributed by atoms with Gasteiger partial charge in [-0.15, -0.1) is 0 Å². The number of hydrogen-bond donors (Lipinski definition) is 2. The molecule has 1 aromatic rings. The fourth-order valence-electron chi connectivity index (χ4n) is 4.60. The molecule has 3 rings (SSSR count). The number of ether oxygens (including phenoxy) is 1. The van der Waals surface area contributed by atoms with Crippen molar-refractivity contribution in [1.82, 2.24) is 20.4 Å². The minimum atomic E-state index is 0.790. The van der Waals surface area contributed by atoms with E-state index in [9.17, 15) is 0 Å². The van der Waals surface area contributed by atoms with E-state index in [-0.39, 0.29) is 0 Å². The number of aliphatic imine (C=N–C) groups is 1. The van der Waals surface area contributed by atoms with Crippen LogP contribution in [0.3, 0.4) is 0 Å². The highest BCUT2D eigenvalue weighted by Gasteiger charge is 2.22. The second-order valence-corrected chi connectivity index (χ2v) is 8.72. The molecule has 6 nitrogen and oxygen atoms in total. The molecule has 2 N–H and O–H groups in total. The maximum atomic E-state index is 5.41. The normalized spacial score (nSPS) is 24.4. The number of nitrogens with one attached hydrogen (secondary N) is 2. The minimum absolute atomic E-state index is 0.790. The van der Waals surface area contributed by atoms with Gasteiger partial charge in [-0.05, 0) is 29.4 Å². The summed E-state index contributed by atoms with van der Waals surface area (Å²) >= 11 is 0. The van der Waals surface area contributed by atoms with E-state index < -0.39 is 0 Å². The number of benzene rings is 1. The molecule has 0 aromatic heterocycles. The molecule has 2 aliphatic rings. The van der Waals surface area contributed by atoms with Crippen LogP contribution in [-0.4, -0.2) is 75.3 Å². The average Bonchev–Trinajstić information content (AvgIpc) is 2.71. The SMILES string of the molecule is CN=C(NCCN1CCOCC1)NCc1ccccc1CN1CC(C)CC(C)C1. The Kier molecular flexibility index (Phi) is 8.77. The largest absolute Gasteiger partial charge is 0.379 e. The van der Waals surface area contributed by atoms with Crippen LogP contribution in [0.25, 0.3) is 0 Å². The van der Waals surface area contributed by atoms with Gasteiger partial charge >= 0.3 is 0 Å². The molecule has 2 saturated heterocycles. The van der Waals surface area contributed by atoms with Gasteiger partial charge in [0.1, 0.15) is 0 Å². The molecular formula is C23H39N5O. The lowest BCUT2D eigenvalue weighted by Gasteiger charge is -2.35. The van der Waals surface area contributed by atoms with Gasteiger partial charge in [-0.3, -0.25) is 14.8 Å². The first-order valence-electron chi connectivity index (χ1n) is 11.2. The number of rotatable bonds is 7. The van der Waals surface area contributed by atoms with Crippen LogP contribution < -0.4 is 10.6 Å². The van der Waals surface area contributed by atoms with Gasteiger partial charge in [0.2, 0.25) is 0 Å². The van der Waals surface area contributed by atoms with Gasteiger partial charge < -0.3 is 15.4 Å². The molecule has 6 heteroatoms. The van der Waals surface area contributed by atoms with Gasteiger partial charge in [0.05, 0.1) is 13.2 Å². The van der Waals surface area contributed by atoms with Crippen LogP contribution in [0.2, 0.25) is 0 Å². The van der Waals surface area contributed by atoms with Gasteiger partial charge in [-0.25, -0.2) is 0 Å². The molecule has 0 aliphatic carbocycles. The Morgan fingerprint density at radius 2 is 1.72 bits per heavy atom. The molecule has 162 valence electrons. The van der Waals surface area contributed by atoms with Crippen molar-refractivity contribution in [2.75, 3.05) is 59.5 Å². The van der Waals surface area contributed by atoms with Crippen molar-refractivity contribution < 1.29 is 4.74 Å². The van der Waals surface area contributed by atoms with E-state index in [4.69, 9.17) is 4.74 Å². The van der Waals surface area contributed by atoms with Gasteiger partial charge in [0, 0.05) is 59.4 Å². The average molecular weight is 402 g/mol. The molecule has 2 fully saturated rings. The van der Waals surface area contributed by atoms with E-state index in [1.165, 1.54) is 30.6 Å². The highest BCUT2D eigenvalue weighted by Crippen LogP contribution is 2.23. The number of piperidine rings is 1. The van der Waals surface area contributed by atoms with Crippen LogP contribution in [0.1, 0.15) is 31.4 Å². The Morgan fingerprint density at radius 1 is 1.03 bits per heavy atom. The van der Waals surface area contributed by atoms with E-state index in [1.54, 1.807) is 0 Å². The summed E-state index contributed by atoms with van der Waals surface area (Å²) in [5.74, 6) is 2.45. The number of likely N-dealkylation sites (tertiary alicyclic amines) is 1. The first kappa shape index (κ1) is 22.1. The zero-order chi connectivity index (χ0) is 20.5. The molecule has 0 bridgehead atoms. The monoisotopic (exact) mass is 401 g/mol. The summed E-state index contributed by atoms with van der Waals surface area (Å²) in [5.41, 5.74) is 2.78. The van der Waals surface area contributed by atoms with Crippen molar-refractivity contribution in [3.05, 3.63) is 35.4 Å². The summed E-state index contributed by atoms with van der Waals surface area (Å²) in [5, 5.41) is 6.94.